The van der Waals surface area contributed by atoms with Crippen LogP contribution in [0.3, 0.4) is 0 Å². The Morgan fingerprint density at radius 1 is 1.03 bits per heavy atom. The van der Waals surface area contributed by atoms with E-state index in [4.69, 9.17) is 4.74 Å². The van der Waals surface area contributed by atoms with E-state index in [0.29, 0.717) is 0 Å². The van der Waals surface area contributed by atoms with E-state index in [-0.39, 0.29) is 28.6 Å². The van der Waals surface area contributed by atoms with Crippen molar-refractivity contribution in [3.05, 3.63) is 77.7 Å². The molecule has 6 nitrogen and oxygen atoms in total. The fraction of sp³-hybridized carbons (Fsp3) is 0.115. The van der Waals surface area contributed by atoms with Crippen molar-refractivity contribution < 1.29 is 19.7 Å². The molecule has 4 aromatic rings. The SMILES string of the molecule is CN(C)c1cccc(-c2cccc3c2c(C=C2Oc4cc(O)cc(O)c4C2=O)cn3C)c1. The van der Waals surface area contributed by atoms with Gasteiger partial charge in [0.15, 0.2) is 5.76 Å². The molecule has 160 valence electrons. The summed E-state index contributed by atoms with van der Waals surface area (Å²) in [4.78, 5) is 15.0. The molecule has 0 unspecified atom stereocenters. The van der Waals surface area contributed by atoms with Crippen molar-refractivity contribution in [2.45, 2.75) is 0 Å². The van der Waals surface area contributed by atoms with Crippen LogP contribution in [0.15, 0.2) is 66.6 Å². The van der Waals surface area contributed by atoms with Crippen molar-refractivity contribution >= 4 is 28.4 Å². The molecule has 2 heterocycles. The van der Waals surface area contributed by atoms with Crippen molar-refractivity contribution in [2.75, 3.05) is 19.0 Å². The number of ether oxygens (including phenoxy) is 1. The number of phenolic OH excluding ortho intramolecular Hbond substituents is 2. The number of benzene rings is 3. The van der Waals surface area contributed by atoms with Gasteiger partial charge >= 0.3 is 0 Å². The average Bonchev–Trinajstić information content (AvgIpc) is 3.24. The molecule has 0 amide bonds. The van der Waals surface area contributed by atoms with Crippen LogP contribution in [0.25, 0.3) is 28.1 Å². The molecule has 2 N–H and O–H groups in total. The lowest BCUT2D eigenvalue weighted by molar-refractivity contribution is 0.101. The van der Waals surface area contributed by atoms with Gasteiger partial charge in [0.25, 0.3) is 0 Å². The maximum atomic E-state index is 12.9. The molecule has 6 heteroatoms. The third kappa shape index (κ3) is 3.08. The van der Waals surface area contributed by atoms with Gasteiger partial charge < -0.3 is 24.4 Å². The van der Waals surface area contributed by atoms with Crippen molar-refractivity contribution in [1.29, 1.82) is 0 Å². The Labute approximate surface area is 185 Å². The van der Waals surface area contributed by atoms with Gasteiger partial charge in [-0.25, -0.2) is 0 Å². The standard InChI is InChI=1S/C26H22N2O4/c1-27(2)17-7-4-6-15(10-17)19-8-5-9-20-24(19)16(14-28(20)3)11-23-26(31)25-21(30)12-18(29)13-22(25)32-23/h4-14,29-30H,1-3H3. The molecule has 5 rings (SSSR count). The predicted octanol–water partition coefficient (Wildman–Crippen LogP) is 4.94. The normalized spacial score (nSPS) is 14.1. The van der Waals surface area contributed by atoms with Gasteiger partial charge in [0.05, 0.1) is 0 Å². The summed E-state index contributed by atoms with van der Waals surface area (Å²) in [5.74, 6) is -0.624. The largest absolute Gasteiger partial charge is 0.508 e. The highest BCUT2D eigenvalue weighted by Gasteiger charge is 2.31. The minimum absolute atomic E-state index is 0.0631. The van der Waals surface area contributed by atoms with Gasteiger partial charge in [-0.1, -0.05) is 24.3 Å². The molecule has 0 aliphatic carbocycles. The van der Waals surface area contributed by atoms with Gasteiger partial charge in [-0.2, -0.15) is 0 Å². The first kappa shape index (κ1) is 19.8. The van der Waals surface area contributed by atoms with Crippen LogP contribution in [0.5, 0.6) is 17.2 Å². The Hall–Kier alpha value is -4.19. The van der Waals surface area contributed by atoms with E-state index in [1.165, 1.54) is 6.07 Å². The number of anilines is 1. The van der Waals surface area contributed by atoms with Crippen molar-refractivity contribution in [1.82, 2.24) is 4.57 Å². The summed E-state index contributed by atoms with van der Waals surface area (Å²) >= 11 is 0. The van der Waals surface area contributed by atoms with E-state index in [0.717, 1.165) is 39.3 Å². The summed E-state index contributed by atoms with van der Waals surface area (Å²) in [6, 6.07) is 16.9. The van der Waals surface area contributed by atoms with Crippen LogP contribution in [-0.4, -0.2) is 34.7 Å². The molecular weight excluding hydrogens is 404 g/mol. The zero-order valence-electron chi connectivity index (χ0n) is 18.0. The minimum Gasteiger partial charge on any atom is -0.508 e. The molecule has 0 spiro atoms. The number of hydrogen-bond donors (Lipinski definition) is 2. The Bertz CT molecular complexity index is 1430. The van der Waals surface area contributed by atoms with Crippen LogP contribution < -0.4 is 9.64 Å². The lowest BCUT2D eigenvalue weighted by Gasteiger charge is -2.14. The van der Waals surface area contributed by atoms with E-state index < -0.39 is 5.78 Å². The number of carbonyl (C=O) groups is 1. The van der Waals surface area contributed by atoms with Crippen LogP contribution in [0.2, 0.25) is 0 Å². The number of carbonyl (C=O) groups excluding carboxylic acids is 1. The van der Waals surface area contributed by atoms with Crippen LogP contribution in [0, 0.1) is 0 Å². The predicted molar refractivity (Wildman–Crippen MR) is 125 cm³/mol. The van der Waals surface area contributed by atoms with Gasteiger partial charge in [-0.05, 0) is 35.4 Å². The molecule has 1 aliphatic rings. The second-order valence-electron chi connectivity index (χ2n) is 8.12. The molecule has 0 radical (unpaired) electrons. The number of allylic oxidation sites excluding steroid dienone is 1. The number of Topliss-reactive ketones (excluding diaryl/α,β-unsaturated/α-hetero) is 1. The number of aromatic hydroxyl groups is 2. The number of fused-ring (bicyclic) bond motifs is 2. The highest BCUT2D eigenvalue weighted by atomic mass is 16.5. The number of hydrogen-bond acceptors (Lipinski definition) is 5. The maximum Gasteiger partial charge on any atom is 0.235 e. The number of nitrogens with zero attached hydrogens (tertiary/aromatic N) is 2. The topological polar surface area (TPSA) is 74.9 Å². The summed E-state index contributed by atoms with van der Waals surface area (Å²) in [6.45, 7) is 0. The molecule has 32 heavy (non-hydrogen) atoms. The second-order valence-corrected chi connectivity index (χ2v) is 8.12. The third-order valence-corrected chi connectivity index (χ3v) is 5.74. The van der Waals surface area contributed by atoms with E-state index in [2.05, 4.69) is 29.2 Å². The highest BCUT2D eigenvalue weighted by Crippen LogP contribution is 2.41. The average molecular weight is 426 g/mol. The Morgan fingerprint density at radius 3 is 2.59 bits per heavy atom. The molecule has 0 fully saturated rings. The lowest BCUT2D eigenvalue weighted by atomic mass is 9.98. The number of ketones is 1. The van der Waals surface area contributed by atoms with Gasteiger partial charge in [-0.3, -0.25) is 4.79 Å². The Morgan fingerprint density at radius 2 is 1.81 bits per heavy atom. The van der Waals surface area contributed by atoms with Crippen LogP contribution in [-0.2, 0) is 7.05 Å². The zero-order chi connectivity index (χ0) is 22.6. The highest BCUT2D eigenvalue weighted by molar-refractivity contribution is 6.17. The Kier molecular flexibility index (Phi) is 4.44. The first-order valence-corrected chi connectivity index (χ1v) is 10.2. The monoisotopic (exact) mass is 426 g/mol. The van der Waals surface area contributed by atoms with Crippen molar-refractivity contribution in [2.24, 2.45) is 7.05 Å². The minimum atomic E-state index is -0.415. The molecule has 3 aromatic carbocycles. The second kappa shape index (κ2) is 7.20. The summed E-state index contributed by atoms with van der Waals surface area (Å²) in [7, 11) is 5.97. The van der Waals surface area contributed by atoms with Gasteiger partial charge in [0.2, 0.25) is 5.78 Å². The van der Waals surface area contributed by atoms with E-state index >= 15 is 0 Å². The van der Waals surface area contributed by atoms with Gasteiger partial charge in [-0.15, -0.1) is 0 Å². The molecule has 0 saturated carbocycles. The first-order chi connectivity index (χ1) is 15.3. The first-order valence-electron chi connectivity index (χ1n) is 10.2. The molecule has 1 aliphatic heterocycles. The van der Waals surface area contributed by atoms with Crippen LogP contribution >= 0.6 is 0 Å². The van der Waals surface area contributed by atoms with Crippen LogP contribution in [0.4, 0.5) is 5.69 Å². The number of rotatable bonds is 3. The van der Waals surface area contributed by atoms with Crippen LogP contribution in [0.1, 0.15) is 15.9 Å². The Balaban J connectivity index is 1.68. The lowest BCUT2D eigenvalue weighted by Crippen LogP contribution is -2.08. The fourth-order valence-electron chi connectivity index (χ4n) is 4.20. The molecule has 0 bridgehead atoms. The third-order valence-electron chi connectivity index (χ3n) is 5.74. The van der Waals surface area contributed by atoms with E-state index in [9.17, 15) is 15.0 Å². The smallest absolute Gasteiger partial charge is 0.235 e. The zero-order valence-corrected chi connectivity index (χ0v) is 18.0. The summed E-state index contributed by atoms with van der Waals surface area (Å²) in [5.41, 5.74) is 5.11. The maximum absolute atomic E-state index is 12.9. The summed E-state index contributed by atoms with van der Waals surface area (Å²) in [5, 5.41) is 20.8. The molecule has 1 aromatic heterocycles. The van der Waals surface area contributed by atoms with Crippen molar-refractivity contribution in [3.8, 4) is 28.4 Å². The van der Waals surface area contributed by atoms with Gasteiger partial charge in [0.1, 0.15) is 22.8 Å². The number of phenols is 2. The quantitative estimate of drug-likeness (QED) is 0.454. The summed E-state index contributed by atoms with van der Waals surface area (Å²) in [6.07, 6.45) is 3.65. The summed E-state index contributed by atoms with van der Waals surface area (Å²) < 4.78 is 7.73. The van der Waals surface area contributed by atoms with Crippen molar-refractivity contribution in [3.63, 3.8) is 0 Å². The van der Waals surface area contributed by atoms with Gasteiger partial charge in [0, 0.05) is 61.6 Å². The molecule has 0 atom stereocenters. The number of aromatic nitrogens is 1. The fourth-order valence-corrected chi connectivity index (χ4v) is 4.20. The molecule has 0 saturated heterocycles. The molecular formula is C26H22N2O4. The van der Waals surface area contributed by atoms with E-state index in [1.807, 2.05) is 50.1 Å². The number of aryl methyl sites for hydroxylation is 1. The van der Waals surface area contributed by atoms with E-state index in [1.54, 1.807) is 6.08 Å².